The van der Waals surface area contributed by atoms with Crippen LogP contribution in [0.1, 0.15) is 13.8 Å². The number of rotatable bonds is 1. The van der Waals surface area contributed by atoms with Crippen LogP contribution in [0.4, 0.5) is 0 Å². The van der Waals surface area contributed by atoms with Gasteiger partial charge in [0.25, 0.3) is 0 Å². The lowest BCUT2D eigenvalue weighted by Gasteiger charge is -2.23. The van der Waals surface area contributed by atoms with E-state index in [0.29, 0.717) is 5.92 Å². The molecule has 0 aromatic heterocycles. The number of fused-ring (bicyclic) bond motifs is 1. The van der Waals surface area contributed by atoms with Gasteiger partial charge in [-0.2, -0.15) is 0 Å². The van der Waals surface area contributed by atoms with Crippen molar-refractivity contribution >= 4 is 0 Å². The second-order valence-corrected chi connectivity index (χ2v) is 3.62. The molecule has 0 unspecified atom stereocenters. The lowest BCUT2D eigenvalue weighted by atomic mass is 10.1. The number of allylic oxidation sites excluding steroid dienone is 2. The van der Waals surface area contributed by atoms with E-state index >= 15 is 0 Å². The average Bonchev–Trinajstić information content (AvgIpc) is 2.17. The molecule has 0 radical (unpaired) electrons. The summed E-state index contributed by atoms with van der Waals surface area (Å²) in [5.41, 5.74) is 5.27. The quantitative estimate of drug-likeness (QED) is 0.611. The summed E-state index contributed by atoms with van der Waals surface area (Å²) >= 11 is 0. The maximum atomic E-state index is 5.40. The Balaban J connectivity index is 2.26. The molecule has 3 heteroatoms. The second kappa shape index (κ2) is 3.26. The van der Waals surface area contributed by atoms with E-state index < -0.39 is 0 Å². The van der Waals surface area contributed by atoms with Gasteiger partial charge in [-0.05, 0) is 12.2 Å². The van der Waals surface area contributed by atoms with Gasteiger partial charge in [-0.3, -0.25) is 0 Å². The molecule has 0 aromatic carbocycles. The van der Waals surface area contributed by atoms with E-state index in [1.54, 1.807) is 0 Å². The molecule has 0 spiro atoms. The van der Waals surface area contributed by atoms with Crippen molar-refractivity contribution in [2.75, 3.05) is 6.54 Å². The molecule has 0 fully saturated rings. The third-order valence-corrected chi connectivity index (χ3v) is 2.21. The van der Waals surface area contributed by atoms with E-state index in [1.165, 1.54) is 5.57 Å². The van der Waals surface area contributed by atoms with Gasteiger partial charge in [-0.25, -0.2) is 5.48 Å². The van der Waals surface area contributed by atoms with Crippen molar-refractivity contribution in [1.82, 2.24) is 5.48 Å². The van der Waals surface area contributed by atoms with E-state index in [9.17, 15) is 0 Å². The van der Waals surface area contributed by atoms with Crippen LogP contribution in [0.15, 0.2) is 35.4 Å². The molecule has 0 bridgehead atoms. The van der Waals surface area contributed by atoms with Gasteiger partial charge in [0.15, 0.2) is 0 Å². The molecule has 0 atom stereocenters. The maximum Gasteiger partial charge on any atom is 0.135 e. The number of hydrogen-bond acceptors (Lipinski definition) is 2. The molecule has 2 aliphatic rings. The molecule has 70 valence electrons. The van der Waals surface area contributed by atoms with Crippen LogP contribution in [0.2, 0.25) is 0 Å². The maximum absolute atomic E-state index is 5.40. The Labute approximate surface area is 78.1 Å². The first-order valence-electron chi connectivity index (χ1n) is 4.66. The summed E-state index contributed by atoms with van der Waals surface area (Å²) in [6.07, 6.45) is 6.36. The zero-order valence-electron chi connectivity index (χ0n) is 8.00. The summed E-state index contributed by atoms with van der Waals surface area (Å²) in [6.45, 7) is 5.23. The molecule has 2 aliphatic heterocycles. The van der Waals surface area contributed by atoms with E-state index in [1.807, 2.05) is 0 Å². The van der Waals surface area contributed by atoms with Crippen molar-refractivity contribution in [2.45, 2.75) is 13.8 Å². The smallest absolute Gasteiger partial charge is 0.135 e. The zero-order valence-corrected chi connectivity index (χ0v) is 8.00. The van der Waals surface area contributed by atoms with Crippen molar-refractivity contribution in [3.05, 3.63) is 35.4 Å². The Morgan fingerprint density at radius 2 is 2.38 bits per heavy atom. The molecule has 0 saturated carbocycles. The molecule has 2 rings (SSSR count). The number of nitrogens with two attached hydrogens (primary N) is 1. The fourth-order valence-corrected chi connectivity index (χ4v) is 1.40. The summed E-state index contributed by atoms with van der Waals surface area (Å²) < 4.78 is 0. The van der Waals surface area contributed by atoms with E-state index in [0.717, 1.165) is 18.0 Å². The Kier molecular flexibility index (Phi) is 2.10. The number of hydrogen-bond donors (Lipinski definition) is 2. The van der Waals surface area contributed by atoms with Crippen LogP contribution in [0, 0.1) is 5.92 Å². The van der Waals surface area contributed by atoms with Gasteiger partial charge in [-0.15, -0.1) is 0 Å². The molecule has 3 nitrogen and oxygen atoms in total. The second-order valence-electron chi connectivity index (χ2n) is 3.62. The first-order chi connectivity index (χ1) is 6.27. The lowest BCUT2D eigenvalue weighted by molar-refractivity contribution is -0.579. The van der Waals surface area contributed by atoms with Gasteiger partial charge in [0.05, 0.1) is 11.3 Å². The van der Waals surface area contributed by atoms with Gasteiger partial charge in [0.1, 0.15) is 18.5 Å². The van der Waals surface area contributed by atoms with Crippen LogP contribution in [0.25, 0.3) is 0 Å². The molecule has 3 N–H and O–H groups in total. The largest absolute Gasteiger partial charge is 0.386 e. The zero-order chi connectivity index (χ0) is 9.26. The molecule has 13 heavy (non-hydrogen) atoms. The Morgan fingerprint density at radius 3 is 3.15 bits per heavy atom. The Morgan fingerprint density at radius 1 is 1.54 bits per heavy atom. The van der Waals surface area contributed by atoms with Gasteiger partial charge < -0.3 is 10.2 Å². The fourth-order valence-electron chi connectivity index (χ4n) is 1.40. The summed E-state index contributed by atoms with van der Waals surface area (Å²) in [5.74, 6) is 1.43. The minimum atomic E-state index is 0.428. The predicted molar refractivity (Wildman–Crippen MR) is 50.1 cm³/mol. The van der Waals surface area contributed by atoms with Crippen molar-refractivity contribution in [3.8, 4) is 0 Å². The topological polar surface area (TPSA) is 37.9 Å². The normalized spacial score (nSPS) is 20.7. The first kappa shape index (κ1) is 8.38. The monoisotopic (exact) mass is 179 g/mol. The van der Waals surface area contributed by atoms with Crippen LogP contribution in [-0.2, 0) is 4.84 Å². The van der Waals surface area contributed by atoms with Gasteiger partial charge in [0, 0.05) is 5.92 Å². The molecule has 0 saturated heterocycles. The van der Waals surface area contributed by atoms with Crippen molar-refractivity contribution in [3.63, 3.8) is 0 Å². The van der Waals surface area contributed by atoms with Gasteiger partial charge in [-0.1, -0.05) is 13.8 Å². The first-order valence-corrected chi connectivity index (χ1v) is 4.66. The summed E-state index contributed by atoms with van der Waals surface area (Å²) in [7, 11) is 0. The van der Waals surface area contributed by atoms with E-state index in [-0.39, 0.29) is 0 Å². The standard InChI is InChI=1S/C10H14N2O/c1-7(2)10-5-8-6-11-4-3-9(8)12-13-10/h3,5-7,11-12H,4H2,1-2H3/p+1. The van der Waals surface area contributed by atoms with Crippen LogP contribution in [0.5, 0.6) is 0 Å². The van der Waals surface area contributed by atoms with Crippen LogP contribution in [0.3, 0.4) is 0 Å². The van der Waals surface area contributed by atoms with Crippen LogP contribution < -0.4 is 10.8 Å². The SMILES string of the molecule is CC(C)C1=CC2=C[NH2+]CC=C2NO1. The van der Waals surface area contributed by atoms with Gasteiger partial charge in [0.2, 0.25) is 0 Å². The third-order valence-electron chi connectivity index (χ3n) is 2.21. The number of quaternary nitrogens is 1. The molecule has 0 aliphatic carbocycles. The third kappa shape index (κ3) is 1.60. The van der Waals surface area contributed by atoms with Crippen molar-refractivity contribution in [2.24, 2.45) is 5.92 Å². The Hall–Kier alpha value is -1.22. The highest BCUT2D eigenvalue weighted by Gasteiger charge is 2.18. The summed E-state index contributed by atoms with van der Waals surface area (Å²) in [5, 5.41) is 2.15. The highest BCUT2D eigenvalue weighted by molar-refractivity contribution is 5.40. The summed E-state index contributed by atoms with van der Waals surface area (Å²) in [4.78, 5) is 5.40. The highest BCUT2D eigenvalue weighted by Crippen LogP contribution is 2.21. The van der Waals surface area contributed by atoms with E-state index in [4.69, 9.17) is 4.84 Å². The molecule has 0 aromatic rings. The van der Waals surface area contributed by atoms with Crippen LogP contribution >= 0.6 is 0 Å². The minimum Gasteiger partial charge on any atom is -0.386 e. The molecular formula is C10H15N2O+. The summed E-state index contributed by atoms with van der Waals surface area (Å²) in [6, 6.07) is 0. The molecule has 0 amide bonds. The lowest BCUT2D eigenvalue weighted by Crippen LogP contribution is -2.79. The van der Waals surface area contributed by atoms with Crippen molar-refractivity contribution in [1.29, 1.82) is 0 Å². The molecular weight excluding hydrogens is 164 g/mol. The minimum absolute atomic E-state index is 0.428. The molecule has 2 heterocycles. The van der Waals surface area contributed by atoms with Crippen molar-refractivity contribution < 1.29 is 10.2 Å². The number of hydroxylamine groups is 1. The average molecular weight is 179 g/mol. The van der Waals surface area contributed by atoms with Gasteiger partial charge >= 0.3 is 0 Å². The fraction of sp³-hybridized carbons (Fsp3) is 0.400. The van der Waals surface area contributed by atoms with E-state index in [2.05, 4.69) is 43.0 Å². The van der Waals surface area contributed by atoms with Crippen LogP contribution in [-0.4, -0.2) is 6.54 Å². The predicted octanol–water partition coefficient (Wildman–Crippen LogP) is 0.406. The number of nitrogens with one attached hydrogen (secondary N) is 1. The highest BCUT2D eigenvalue weighted by atomic mass is 16.6. The Bertz CT molecular complexity index is 300.